The summed E-state index contributed by atoms with van der Waals surface area (Å²) in [5, 5.41) is 38.1. The maximum atomic E-state index is 9.79. The maximum Gasteiger partial charge on any atom is 0.0878 e. The molecule has 4 N–H and O–H groups in total. The normalized spacial score (nSPS) is 43.3. The fourth-order valence-electron chi connectivity index (χ4n) is 1.97. The summed E-state index contributed by atoms with van der Waals surface area (Å²) in [6.45, 7) is 2.85. The monoisotopic (exact) mass is 204 g/mol. The molecule has 0 spiro atoms. The van der Waals surface area contributed by atoms with E-state index in [1.165, 1.54) is 0 Å². The minimum atomic E-state index is -1.16. The molecule has 1 unspecified atom stereocenters. The second kappa shape index (κ2) is 3.77. The fraction of sp³-hybridized carbons (Fsp3) is 1.00. The molecule has 84 valence electrons. The van der Waals surface area contributed by atoms with Crippen molar-refractivity contribution in [2.24, 2.45) is 5.92 Å². The molecule has 4 heteroatoms. The van der Waals surface area contributed by atoms with Crippen LogP contribution in [0.15, 0.2) is 0 Å². The number of aliphatic hydroxyl groups excluding tert-OH is 2. The molecule has 0 heterocycles. The number of hydrogen-bond acceptors (Lipinski definition) is 4. The molecular weight excluding hydrogens is 184 g/mol. The topological polar surface area (TPSA) is 80.9 Å². The minimum Gasteiger partial charge on any atom is -0.393 e. The van der Waals surface area contributed by atoms with E-state index in [0.29, 0.717) is 19.3 Å². The van der Waals surface area contributed by atoms with E-state index in [4.69, 9.17) is 5.11 Å². The Labute approximate surface area is 84.2 Å². The highest BCUT2D eigenvalue weighted by molar-refractivity contribution is 4.95. The molecule has 1 rings (SSSR count). The standard InChI is InChI=1S/C10H20O4/c1-9(13)4-3-7(5-8(9)12)10(2,14)6-11/h7-8,11-14H,3-6H2,1-2H3/t7-,8-,9-,10?/m0/s1. The van der Waals surface area contributed by atoms with Gasteiger partial charge in [0.2, 0.25) is 0 Å². The summed E-state index contributed by atoms with van der Waals surface area (Å²) in [6.07, 6.45) is 0.590. The van der Waals surface area contributed by atoms with E-state index >= 15 is 0 Å². The predicted octanol–water partition coefficient (Wildman–Crippen LogP) is -0.358. The van der Waals surface area contributed by atoms with Gasteiger partial charge < -0.3 is 20.4 Å². The first-order chi connectivity index (χ1) is 6.29. The molecule has 1 aliphatic carbocycles. The summed E-state index contributed by atoms with van der Waals surface area (Å²) in [6, 6.07) is 0. The largest absolute Gasteiger partial charge is 0.393 e. The third-order valence-corrected chi connectivity index (χ3v) is 3.42. The van der Waals surface area contributed by atoms with E-state index in [1.54, 1.807) is 13.8 Å². The highest BCUT2D eigenvalue weighted by Crippen LogP contribution is 2.37. The molecule has 1 fully saturated rings. The molecule has 0 radical (unpaired) electrons. The van der Waals surface area contributed by atoms with Gasteiger partial charge in [0.1, 0.15) is 0 Å². The highest BCUT2D eigenvalue weighted by atomic mass is 16.3. The third-order valence-electron chi connectivity index (χ3n) is 3.42. The lowest BCUT2D eigenvalue weighted by Gasteiger charge is -2.42. The van der Waals surface area contributed by atoms with Crippen LogP contribution in [0.3, 0.4) is 0 Å². The van der Waals surface area contributed by atoms with Gasteiger partial charge in [-0.05, 0) is 39.0 Å². The third kappa shape index (κ3) is 2.25. The average Bonchev–Trinajstić information content (AvgIpc) is 2.09. The zero-order valence-electron chi connectivity index (χ0n) is 8.77. The van der Waals surface area contributed by atoms with E-state index in [-0.39, 0.29) is 12.5 Å². The van der Waals surface area contributed by atoms with Crippen molar-refractivity contribution < 1.29 is 20.4 Å². The second-order valence-corrected chi connectivity index (χ2v) is 4.86. The highest BCUT2D eigenvalue weighted by Gasteiger charge is 2.43. The summed E-state index contributed by atoms with van der Waals surface area (Å²) in [5.74, 6) is -0.150. The zero-order valence-corrected chi connectivity index (χ0v) is 8.77. The van der Waals surface area contributed by atoms with E-state index in [2.05, 4.69) is 0 Å². The van der Waals surface area contributed by atoms with Gasteiger partial charge in [-0.15, -0.1) is 0 Å². The summed E-state index contributed by atoms with van der Waals surface area (Å²) >= 11 is 0. The Balaban J connectivity index is 2.63. The molecule has 0 saturated heterocycles. The van der Waals surface area contributed by atoms with Crippen molar-refractivity contribution >= 4 is 0 Å². The van der Waals surface area contributed by atoms with Gasteiger partial charge in [-0.25, -0.2) is 0 Å². The molecule has 0 aromatic rings. The smallest absolute Gasteiger partial charge is 0.0878 e. The number of rotatable bonds is 2. The molecular formula is C10H20O4. The van der Waals surface area contributed by atoms with Gasteiger partial charge in [0.05, 0.1) is 23.9 Å². The van der Waals surface area contributed by atoms with Crippen LogP contribution in [0.2, 0.25) is 0 Å². The molecule has 1 saturated carbocycles. The minimum absolute atomic E-state index is 0.150. The van der Waals surface area contributed by atoms with Crippen molar-refractivity contribution in [1.82, 2.24) is 0 Å². The summed E-state index contributed by atoms with van der Waals surface area (Å²) in [4.78, 5) is 0. The summed E-state index contributed by atoms with van der Waals surface area (Å²) in [5.41, 5.74) is -2.21. The van der Waals surface area contributed by atoms with Crippen LogP contribution >= 0.6 is 0 Å². The van der Waals surface area contributed by atoms with Gasteiger partial charge in [0.25, 0.3) is 0 Å². The Morgan fingerprint density at radius 1 is 1.50 bits per heavy atom. The van der Waals surface area contributed by atoms with Crippen LogP contribution in [0.4, 0.5) is 0 Å². The molecule has 1 aliphatic rings. The van der Waals surface area contributed by atoms with Gasteiger partial charge in [-0.2, -0.15) is 0 Å². The zero-order chi connectivity index (χ0) is 11.0. The van der Waals surface area contributed by atoms with Crippen molar-refractivity contribution in [2.75, 3.05) is 6.61 Å². The van der Waals surface area contributed by atoms with Crippen molar-refractivity contribution in [3.63, 3.8) is 0 Å². The van der Waals surface area contributed by atoms with Gasteiger partial charge in [0, 0.05) is 0 Å². The molecule has 0 bridgehead atoms. The van der Waals surface area contributed by atoms with Crippen LogP contribution in [0, 0.1) is 5.92 Å². The van der Waals surface area contributed by atoms with Crippen LogP contribution in [-0.2, 0) is 0 Å². The van der Waals surface area contributed by atoms with E-state index < -0.39 is 17.3 Å². The Morgan fingerprint density at radius 3 is 2.50 bits per heavy atom. The van der Waals surface area contributed by atoms with Crippen LogP contribution in [0.25, 0.3) is 0 Å². The molecule has 14 heavy (non-hydrogen) atoms. The van der Waals surface area contributed by atoms with Gasteiger partial charge in [-0.3, -0.25) is 0 Å². The van der Waals surface area contributed by atoms with Crippen LogP contribution < -0.4 is 0 Å². The Bertz CT molecular complexity index is 200. The van der Waals surface area contributed by atoms with Crippen molar-refractivity contribution in [3.8, 4) is 0 Å². The Hall–Kier alpha value is -0.160. The average molecular weight is 204 g/mol. The van der Waals surface area contributed by atoms with Crippen molar-refractivity contribution in [3.05, 3.63) is 0 Å². The van der Waals surface area contributed by atoms with E-state index in [0.717, 1.165) is 0 Å². The molecule has 0 amide bonds. The van der Waals surface area contributed by atoms with E-state index in [1.807, 2.05) is 0 Å². The van der Waals surface area contributed by atoms with Gasteiger partial charge in [0.15, 0.2) is 0 Å². The van der Waals surface area contributed by atoms with E-state index in [9.17, 15) is 15.3 Å². The molecule has 0 aromatic carbocycles. The Kier molecular flexibility index (Phi) is 3.21. The molecule has 0 aliphatic heterocycles. The lowest BCUT2D eigenvalue weighted by molar-refractivity contribution is -0.139. The summed E-state index contributed by atoms with van der Waals surface area (Å²) < 4.78 is 0. The number of hydrogen-bond donors (Lipinski definition) is 4. The fourth-order valence-corrected chi connectivity index (χ4v) is 1.97. The maximum absolute atomic E-state index is 9.79. The van der Waals surface area contributed by atoms with Crippen molar-refractivity contribution in [1.29, 1.82) is 0 Å². The first-order valence-corrected chi connectivity index (χ1v) is 5.03. The molecule has 0 aromatic heterocycles. The number of aliphatic hydroxyl groups is 4. The molecule has 4 nitrogen and oxygen atoms in total. The lowest BCUT2D eigenvalue weighted by atomic mass is 9.71. The van der Waals surface area contributed by atoms with Gasteiger partial charge >= 0.3 is 0 Å². The van der Waals surface area contributed by atoms with Crippen molar-refractivity contribution in [2.45, 2.75) is 50.4 Å². The second-order valence-electron chi connectivity index (χ2n) is 4.86. The molecule has 4 atom stereocenters. The van der Waals surface area contributed by atoms with Gasteiger partial charge in [-0.1, -0.05) is 0 Å². The first-order valence-electron chi connectivity index (χ1n) is 5.03. The predicted molar refractivity (Wildman–Crippen MR) is 51.7 cm³/mol. The quantitative estimate of drug-likeness (QED) is 0.495. The SMILES string of the molecule is CC(O)(CO)[C@H]1CC[C@](C)(O)[C@@H](O)C1. The first kappa shape index (κ1) is 11.9. The van der Waals surface area contributed by atoms with Crippen LogP contribution in [-0.4, -0.2) is 44.3 Å². The lowest BCUT2D eigenvalue weighted by Crippen LogP contribution is -2.50. The van der Waals surface area contributed by atoms with Crippen LogP contribution in [0.5, 0.6) is 0 Å². The summed E-state index contributed by atoms with van der Waals surface area (Å²) in [7, 11) is 0. The Morgan fingerprint density at radius 2 is 2.07 bits per heavy atom. The van der Waals surface area contributed by atoms with Crippen LogP contribution in [0.1, 0.15) is 33.1 Å².